The molecule has 0 saturated carbocycles. The van der Waals surface area contributed by atoms with Crippen molar-refractivity contribution >= 4 is 31.5 Å². The fourth-order valence-electron chi connectivity index (χ4n) is 10.5. The van der Waals surface area contributed by atoms with Crippen molar-refractivity contribution in [2.24, 2.45) is 0 Å². The molecule has 0 aliphatic heterocycles. The van der Waals surface area contributed by atoms with Crippen LogP contribution in [0.25, 0.3) is 98.8 Å². The predicted octanol–water partition coefficient (Wildman–Crippen LogP) is 16.6. The molecular weight excluding hydrogens is 843 g/mol. The number of thiophene rings is 1. The van der Waals surface area contributed by atoms with Crippen LogP contribution in [0, 0.1) is 0 Å². The first-order chi connectivity index (χ1) is 33.7. The molecule has 0 spiro atoms. The molecule has 0 atom stereocenters. The molecule has 0 bridgehead atoms. The van der Waals surface area contributed by atoms with Crippen LogP contribution in [0.2, 0.25) is 0 Å². The third kappa shape index (κ3) is 6.52. The largest absolute Gasteiger partial charge is 0.208 e. The van der Waals surface area contributed by atoms with E-state index < -0.39 is 5.41 Å². The second kappa shape index (κ2) is 16.4. The zero-order chi connectivity index (χ0) is 45.0. The lowest BCUT2D eigenvalue weighted by molar-refractivity contribution is 0.769. The van der Waals surface area contributed by atoms with Crippen LogP contribution in [-0.2, 0) is 5.41 Å². The average molecular weight is 884 g/mol. The lowest BCUT2D eigenvalue weighted by atomic mass is 9.66. The molecule has 4 heteroatoms. The zero-order valence-electron chi connectivity index (χ0n) is 36.9. The highest BCUT2D eigenvalue weighted by molar-refractivity contribution is 7.26. The normalized spacial score (nSPS) is 12.5. The maximum Gasteiger partial charge on any atom is 0.164 e. The minimum Gasteiger partial charge on any atom is -0.208 e. The molecule has 318 valence electrons. The summed E-state index contributed by atoms with van der Waals surface area (Å²) in [6, 6.07) is 89.2. The number of rotatable bonds is 8. The Morgan fingerprint density at radius 2 is 0.706 bits per heavy atom. The van der Waals surface area contributed by atoms with E-state index >= 15 is 0 Å². The second-order valence-corrected chi connectivity index (χ2v) is 18.5. The quantitative estimate of drug-likeness (QED) is 0.153. The molecule has 0 amide bonds. The lowest BCUT2D eigenvalue weighted by Gasteiger charge is -2.35. The van der Waals surface area contributed by atoms with Crippen LogP contribution in [-0.4, -0.2) is 15.0 Å². The van der Waals surface area contributed by atoms with Crippen LogP contribution in [0.5, 0.6) is 0 Å². The maximum atomic E-state index is 5.42. The summed E-state index contributed by atoms with van der Waals surface area (Å²) in [5.41, 5.74) is 16.4. The van der Waals surface area contributed by atoms with Crippen LogP contribution in [0.4, 0.5) is 0 Å². The van der Waals surface area contributed by atoms with Gasteiger partial charge >= 0.3 is 0 Å². The molecule has 10 aromatic carbocycles. The van der Waals surface area contributed by atoms with Crippen molar-refractivity contribution in [2.75, 3.05) is 0 Å². The Labute approximate surface area is 399 Å². The zero-order valence-corrected chi connectivity index (χ0v) is 37.7. The summed E-state index contributed by atoms with van der Waals surface area (Å²) >= 11 is 1.87. The van der Waals surface area contributed by atoms with Crippen molar-refractivity contribution in [1.82, 2.24) is 15.0 Å². The van der Waals surface area contributed by atoms with Crippen LogP contribution < -0.4 is 0 Å². The Bertz CT molecular complexity index is 3770. The molecule has 3 nitrogen and oxygen atoms in total. The summed E-state index contributed by atoms with van der Waals surface area (Å²) in [5.74, 6) is 1.87. The van der Waals surface area contributed by atoms with E-state index in [0.717, 1.165) is 38.9 Å². The van der Waals surface area contributed by atoms with Gasteiger partial charge in [0.05, 0.1) is 5.41 Å². The van der Waals surface area contributed by atoms with E-state index in [1.165, 1.54) is 64.7 Å². The van der Waals surface area contributed by atoms with Gasteiger partial charge in [-0.15, -0.1) is 11.3 Å². The smallest absolute Gasteiger partial charge is 0.164 e. The number of hydrogen-bond acceptors (Lipinski definition) is 4. The molecular formula is C64H41N3S. The fraction of sp³-hybridized carbons (Fsp3) is 0.0156. The molecule has 1 aliphatic rings. The number of benzene rings is 10. The van der Waals surface area contributed by atoms with E-state index in [4.69, 9.17) is 15.0 Å². The van der Waals surface area contributed by atoms with E-state index in [0.29, 0.717) is 17.5 Å². The van der Waals surface area contributed by atoms with Gasteiger partial charge in [0.15, 0.2) is 17.5 Å². The summed E-state index contributed by atoms with van der Waals surface area (Å²) in [7, 11) is 0. The molecule has 0 fully saturated rings. The highest BCUT2D eigenvalue weighted by Gasteiger charge is 2.47. The van der Waals surface area contributed by atoms with Gasteiger partial charge in [-0.2, -0.15) is 0 Å². The third-order valence-corrected chi connectivity index (χ3v) is 14.9. The van der Waals surface area contributed by atoms with Crippen molar-refractivity contribution in [3.8, 4) is 78.7 Å². The molecule has 13 rings (SSSR count). The Hall–Kier alpha value is -8.57. The summed E-state index contributed by atoms with van der Waals surface area (Å²) in [6.07, 6.45) is 0. The molecule has 2 heterocycles. The van der Waals surface area contributed by atoms with Crippen molar-refractivity contribution in [3.63, 3.8) is 0 Å². The van der Waals surface area contributed by atoms with Crippen molar-refractivity contribution < 1.29 is 0 Å². The molecule has 68 heavy (non-hydrogen) atoms. The number of aromatic nitrogens is 3. The Morgan fingerprint density at radius 1 is 0.279 bits per heavy atom. The van der Waals surface area contributed by atoms with Gasteiger partial charge in [0, 0.05) is 36.9 Å². The standard InChI is InChI=1S/C64H41N3S/c1-4-16-42(17-5-1)43-32-38-47(39-33-43)61-65-62(48-40-34-45(35-41-48)44-30-36-46(37-31-44)51-24-14-26-55-53-23-11-13-29-58(53)68-60(51)55)67-63(66-61)56-27-15-25-54-52-22-10-12-28-57(52)64(59(54)56,49-18-6-2-7-19-49)50-20-8-3-9-21-50/h1-41H. The third-order valence-electron chi connectivity index (χ3n) is 13.7. The van der Waals surface area contributed by atoms with Gasteiger partial charge in [0.1, 0.15) is 0 Å². The highest BCUT2D eigenvalue weighted by Crippen LogP contribution is 2.58. The van der Waals surface area contributed by atoms with Crippen LogP contribution in [0.15, 0.2) is 249 Å². The SMILES string of the molecule is c1ccc(-c2ccc(-c3nc(-c4ccc(-c5ccc(-c6cccc7c6sc6ccccc67)cc5)cc4)nc(-c4cccc5c4C(c4ccccc4)(c4ccccc4)c4ccccc4-5)n3)cc2)cc1. The molecule has 12 aromatic rings. The minimum atomic E-state index is -0.628. The van der Waals surface area contributed by atoms with Gasteiger partial charge in [0.2, 0.25) is 0 Å². The second-order valence-electron chi connectivity index (χ2n) is 17.4. The first kappa shape index (κ1) is 39.8. The van der Waals surface area contributed by atoms with E-state index in [9.17, 15) is 0 Å². The lowest BCUT2D eigenvalue weighted by Crippen LogP contribution is -2.29. The molecule has 1 aliphatic carbocycles. The molecule has 0 N–H and O–H groups in total. The first-order valence-corrected chi connectivity index (χ1v) is 23.9. The minimum absolute atomic E-state index is 0.619. The van der Waals surface area contributed by atoms with Gasteiger partial charge in [-0.1, -0.05) is 243 Å². The monoisotopic (exact) mass is 883 g/mol. The molecule has 2 aromatic heterocycles. The topological polar surface area (TPSA) is 38.7 Å². The average Bonchev–Trinajstić information content (AvgIpc) is 3.96. The molecule has 0 radical (unpaired) electrons. The van der Waals surface area contributed by atoms with Gasteiger partial charge in [-0.05, 0) is 72.8 Å². The van der Waals surface area contributed by atoms with E-state index in [-0.39, 0.29) is 0 Å². The summed E-state index contributed by atoms with van der Waals surface area (Å²) < 4.78 is 2.64. The highest BCUT2D eigenvalue weighted by atomic mass is 32.1. The summed E-state index contributed by atoms with van der Waals surface area (Å²) in [4.78, 5) is 16.1. The van der Waals surface area contributed by atoms with E-state index in [1.54, 1.807) is 0 Å². The van der Waals surface area contributed by atoms with Crippen molar-refractivity contribution in [3.05, 3.63) is 271 Å². The fourth-order valence-corrected chi connectivity index (χ4v) is 11.8. The maximum absolute atomic E-state index is 5.42. The summed E-state index contributed by atoms with van der Waals surface area (Å²) in [6.45, 7) is 0. The van der Waals surface area contributed by atoms with E-state index in [1.807, 2.05) is 17.4 Å². The Morgan fingerprint density at radius 3 is 1.34 bits per heavy atom. The van der Waals surface area contributed by atoms with Crippen LogP contribution in [0.1, 0.15) is 22.3 Å². The van der Waals surface area contributed by atoms with Gasteiger partial charge in [0.25, 0.3) is 0 Å². The predicted molar refractivity (Wildman–Crippen MR) is 283 cm³/mol. The van der Waals surface area contributed by atoms with Crippen LogP contribution >= 0.6 is 11.3 Å². The number of hydrogen-bond donors (Lipinski definition) is 0. The van der Waals surface area contributed by atoms with Crippen molar-refractivity contribution in [1.29, 1.82) is 0 Å². The summed E-state index contributed by atoms with van der Waals surface area (Å²) in [5, 5.41) is 2.63. The molecule has 0 unspecified atom stereocenters. The number of nitrogens with zero attached hydrogens (tertiary/aromatic N) is 3. The van der Waals surface area contributed by atoms with Crippen LogP contribution in [0.3, 0.4) is 0 Å². The Kier molecular flexibility index (Phi) is 9.59. The van der Waals surface area contributed by atoms with Crippen molar-refractivity contribution in [2.45, 2.75) is 5.41 Å². The molecule has 0 saturated heterocycles. The van der Waals surface area contributed by atoms with E-state index in [2.05, 4.69) is 243 Å². The Balaban J connectivity index is 0.943. The van der Waals surface area contributed by atoms with Gasteiger partial charge in [-0.3, -0.25) is 0 Å². The number of fused-ring (bicyclic) bond motifs is 6. The van der Waals surface area contributed by atoms with Gasteiger partial charge in [-0.25, -0.2) is 15.0 Å². The van der Waals surface area contributed by atoms with Gasteiger partial charge < -0.3 is 0 Å². The first-order valence-electron chi connectivity index (χ1n) is 23.1.